The summed E-state index contributed by atoms with van der Waals surface area (Å²) in [4.78, 5) is 27.3. The maximum absolute atomic E-state index is 11.9. The highest BCUT2D eigenvalue weighted by molar-refractivity contribution is 5.93. The molecule has 0 atom stereocenters. The second-order valence-corrected chi connectivity index (χ2v) is 4.58. The number of carbonyl (C=O) groups excluding carboxylic acids is 1. The normalized spacial score (nSPS) is 10.3. The molecule has 0 saturated heterocycles. The van der Waals surface area contributed by atoms with Gasteiger partial charge in [0.15, 0.2) is 0 Å². The van der Waals surface area contributed by atoms with E-state index in [9.17, 15) is 9.59 Å². The van der Waals surface area contributed by atoms with Crippen molar-refractivity contribution < 1.29 is 4.79 Å². The van der Waals surface area contributed by atoms with Crippen molar-refractivity contribution in [2.45, 2.75) is 20.4 Å². The van der Waals surface area contributed by atoms with Gasteiger partial charge in [0.2, 0.25) is 0 Å². The fourth-order valence-electron chi connectivity index (χ4n) is 2.04. The zero-order valence-corrected chi connectivity index (χ0v) is 11.4. The van der Waals surface area contributed by atoms with E-state index < -0.39 is 0 Å². The zero-order valence-electron chi connectivity index (χ0n) is 11.4. The van der Waals surface area contributed by atoms with Gasteiger partial charge in [-0.2, -0.15) is 4.98 Å². The zero-order chi connectivity index (χ0) is 14.7. The van der Waals surface area contributed by atoms with Crippen molar-refractivity contribution in [3.05, 3.63) is 63.3 Å². The Hall–Kier alpha value is -2.47. The van der Waals surface area contributed by atoms with Crippen molar-refractivity contribution >= 4 is 5.91 Å². The topological polar surface area (TPSA) is 90.0 Å². The molecule has 1 heterocycles. The Bertz CT molecular complexity index is 707. The van der Waals surface area contributed by atoms with Crippen LogP contribution in [0.25, 0.3) is 0 Å². The Morgan fingerprint density at radius 1 is 1.35 bits per heavy atom. The average molecular weight is 272 g/mol. The van der Waals surface area contributed by atoms with Crippen LogP contribution in [0.5, 0.6) is 0 Å². The fraction of sp³-hybridized carbons (Fsp3) is 0.214. The van der Waals surface area contributed by atoms with Gasteiger partial charge < -0.3 is 0 Å². The summed E-state index contributed by atoms with van der Waals surface area (Å²) in [6.45, 7) is 4.00. The molecule has 1 aromatic heterocycles. The number of amides is 1. The number of aromatic nitrogens is 2. The number of hydrogen-bond acceptors (Lipinski definition) is 4. The van der Waals surface area contributed by atoms with Gasteiger partial charge in [0.25, 0.3) is 5.91 Å². The molecule has 0 fully saturated rings. The molecule has 2 aromatic rings. The number of hydrogen-bond donors (Lipinski definition) is 2. The minimum atomic E-state index is -0.363. The van der Waals surface area contributed by atoms with E-state index >= 15 is 0 Å². The number of hydrazine groups is 1. The molecule has 0 bridgehead atoms. The quantitative estimate of drug-likeness (QED) is 0.484. The first-order valence-electron chi connectivity index (χ1n) is 6.16. The van der Waals surface area contributed by atoms with Crippen molar-refractivity contribution in [1.29, 1.82) is 0 Å². The summed E-state index contributed by atoms with van der Waals surface area (Å²) in [5.41, 5.74) is 4.60. The van der Waals surface area contributed by atoms with Crippen LogP contribution in [0.1, 0.15) is 27.3 Å². The average Bonchev–Trinajstić information content (AvgIpc) is 2.42. The summed E-state index contributed by atoms with van der Waals surface area (Å²) in [6.07, 6.45) is 0. The molecule has 1 aromatic carbocycles. The molecule has 0 aliphatic heterocycles. The Morgan fingerprint density at radius 3 is 2.75 bits per heavy atom. The molecular weight excluding hydrogens is 256 g/mol. The molecule has 6 nitrogen and oxygen atoms in total. The first-order valence-corrected chi connectivity index (χ1v) is 6.16. The van der Waals surface area contributed by atoms with Crippen LogP contribution >= 0.6 is 0 Å². The van der Waals surface area contributed by atoms with Crippen LogP contribution in [-0.4, -0.2) is 15.5 Å². The highest BCUT2D eigenvalue weighted by Crippen LogP contribution is 2.08. The standard InChI is InChI=1S/C14H16N4O2/c1-9-6-10(2)18(14(20)16-9)8-11-4-3-5-12(7-11)13(19)17-15/h3-7H,8,15H2,1-2H3,(H,17,19). The smallest absolute Gasteiger partial charge is 0.292 e. The van der Waals surface area contributed by atoms with Crippen LogP contribution in [0.3, 0.4) is 0 Å². The maximum Gasteiger partial charge on any atom is 0.348 e. The summed E-state index contributed by atoms with van der Waals surface area (Å²) < 4.78 is 1.56. The number of rotatable bonds is 3. The number of nitrogens with two attached hydrogens (primary N) is 1. The molecule has 2 rings (SSSR count). The number of carbonyl (C=O) groups is 1. The lowest BCUT2D eigenvalue weighted by Crippen LogP contribution is -2.30. The summed E-state index contributed by atoms with van der Waals surface area (Å²) in [5.74, 6) is 4.74. The van der Waals surface area contributed by atoms with Crippen LogP contribution in [0.15, 0.2) is 35.1 Å². The van der Waals surface area contributed by atoms with Gasteiger partial charge >= 0.3 is 5.69 Å². The number of nitrogen functional groups attached to an aromatic ring is 1. The number of nitrogens with one attached hydrogen (secondary N) is 1. The summed E-state index contributed by atoms with van der Waals surface area (Å²) in [6, 6.07) is 8.81. The second kappa shape index (κ2) is 5.66. The van der Waals surface area contributed by atoms with E-state index in [0.29, 0.717) is 17.8 Å². The maximum atomic E-state index is 11.9. The first kappa shape index (κ1) is 14.0. The first-order chi connectivity index (χ1) is 9.51. The number of nitrogens with zero attached hydrogens (tertiary/aromatic N) is 2. The van der Waals surface area contributed by atoms with E-state index in [1.807, 2.05) is 19.1 Å². The van der Waals surface area contributed by atoms with Gasteiger partial charge in [0.05, 0.1) is 6.54 Å². The molecule has 6 heteroatoms. The molecule has 0 spiro atoms. The van der Waals surface area contributed by atoms with E-state index in [4.69, 9.17) is 5.84 Å². The lowest BCUT2D eigenvalue weighted by molar-refractivity contribution is 0.0953. The third-order valence-electron chi connectivity index (χ3n) is 3.01. The molecule has 0 aliphatic rings. The van der Waals surface area contributed by atoms with Gasteiger partial charge in [-0.05, 0) is 37.6 Å². The molecule has 20 heavy (non-hydrogen) atoms. The van der Waals surface area contributed by atoms with Gasteiger partial charge in [-0.1, -0.05) is 12.1 Å². The van der Waals surface area contributed by atoms with Crippen molar-refractivity contribution in [3.63, 3.8) is 0 Å². The van der Waals surface area contributed by atoms with Crippen LogP contribution in [0, 0.1) is 13.8 Å². The Morgan fingerprint density at radius 2 is 2.10 bits per heavy atom. The summed E-state index contributed by atoms with van der Waals surface area (Å²) >= 11 is 0. The molecule has 1 amide bonds. The predicted molar refractivity (Wildman–Crippen MR) is 75.2 cm³/mol. The number of aryl methyl sites for hydroxylation is 2. The minimum Gasteiger partial charge on any atom is -0.292 e. The van der Waals surface area contributed by atoms with E-state index in [-0.39, 0.29) is 11.6 Å². The molecule has 0 aliphatic carbocycles. The van der Waals surface area contributed by atoms with E-state index in [1.54, 1.807) is 29.7 Å². The third kappa shape index (κ3) is 2.92. The Balaban J connectivity index is 2.36. The third-order valence-corrected chi connectivity index (χ3v) is 3.01. The fourth-order valence-corrected chi connectivity index (χ4v) is 2.04. The van der Waals surface area contributed by atoms with Crippen LogP contribution in [0.4, 0.5) is 0 Å². The Labute approximate surface area is 116 Å². The monoisotopic (exact) mass is 272 g/mol. The summed E-state index contributed by atoms with van der Waals surface area (Å²) in [7, 11) is 0. The highest BCUT2D eigenvalue weighted by atomic mass is 16.2. The van der Waals surface area contributed by atoms with Gasteiger partial charge in [-0.3, -0.25) is 14.8 Å². The molecule has 104 valence electrons. The van der Waals surface area contributed by atoms with E-state index in [2.05, 4.69) is 10.4 Å². The van der Waals surface area contributed by atoms with Crippen molar-refractivity contribution in [2.75, 3.05) is 0 Å². The molecular formula is C14H16N4O2. The highest BCUT2D eigenvalue weighted by Gasteiger charge is 2.07. The van der Waals surface area contributed by atoms with Crippen LogP contribution < -0.4 is 17.0 Å². The lowest BCUT2D eigenvalue weighted by Gasteiger charge is -2.10. The van der Waals surface area contributed by atoms with Crippen molar-refractivity contribution in [2.24, 2.45) is 5.84 Å². The predicted octanol–water partition coefficient (Wildman–Crippen LogP) is 0.512. The van der Waals surface area contributed by atoms with Crippen LogP contribution in [0.2, 0.25) is 0 Å². The summed E-state index contributed by atoms with van der Waals surface area (Å²) in [5, 5.41) is 0. The van der Waals surface area contributed by atoms with Crippen molar-refractivity contribution in [3.8, 4) is 0 Å². The molecule has 0 unspecified atom stereocenters. The van der Waals surface area contributed by atoms with Gasteiger partial charge in [0, 0.05) is 17.0 Å². The van der Waals surface area contributed by atoms with Gasteiger partial charge in [-0.15, -0.1) is 0 Å². The SMILES string of the molecule is Cc1cc(C)n(Cc2cccc(C(=O)NN)c2)c(=O)n1. The Kier molecular flexibility index (Phi) is 3.95. The number of benzene rings is 1. The molecule has 0 saturated carbocycles. The molecule has 0 radical (unpaired) electrons. The minimum absolute atomic E-state index is 0.295. The van der Waals surface area contributed by atoms with Gasteiger partial charge in [-0.25, -0.2) is 10.6 Å². The second-order valence-electron chi connectivity index (χ2n) is 4.58. The van der Waals surface area contributed by atoms with Crippen LogP contribution in [-0.2, 0) is 6.54 Å². The molecule has 3 N–H and O–H groups in total. The van der Waals surface area contributed by atoms with Gasteiger partial charge in [0.1, 0.15) is 0 Å². The lowest BCUT2D eigenvalue weighted by atomic mass is 10.1. The largest absolute Gasteiger partial charge is 0.348 e. The van der Waals surface area contributed by atoms with Crippen molar-refractivity contribution in [1.82, 2.24) is 15.0 Å². The van der Waals surface area contributed by atoms with E-state index in [1.165, 1.54) is 0 Å². The van der Waals surface area contributed by atoms with E-state index in [0.717, 1.165) is 11.3 Å².